The second kappa shape index (κ2) is 5.33. The van der Waals surface area contributed by atoms with Gasteiger partial charge in [-0.25, -0.2) is 4.79 Å². The first kappa shape index (κ1) is 15.3. The summed E-state index contributed by atoms with van der Waals surface area (Å²) < 4.78 is 5.22. The Morgan fingerprint density at radius 1 is 1.33 bits per heavy atom. The van der Waals surface area contributed by atoms with Crippen molar-refractivity contribution in [3.63, 3.8) is 0 Å². The quantitative estimate of drug-likeness (QED) is 0.664. The van der Waals surface area contributed by atoms with Gasteiger partial charge in [0.2, 0.25) is 6.29 Å². The number of benzene rings is 1. The van der Waals surface area contributed by atoms with Crippen LogP contribution in [0.15, 0.2) is 30.5 Å². The van der Waals surface area contributed by atoms with Crippen LogP contribution in [0.4, 0.5) is 0 Å². The summed E-state index contributed by atoms with van der Waals surface area (Å²) >= 11 is 0. The van der Waals surface area contributed by atoms with Gasteiger partial charge in [-0.1, -0.05) is 18.2 Å². The van der Waals surface area contributed by atoms with Crippen molar-refractivity contribution in [2.75, 3.05) is 0 Å². The Morgan fingerprint density at radius 3 is 2.62 bits per heavy atom. The predicted octanol–water partition coefficient (Wildman–Crippen LogP) is 1.86. The molecule has 1 aromatic heterocycles. The molecular weight excluding hydrogens is 268 g/mol. The Kier molecular flexibility index (Phi) is 3.87. The van der Waals surface area contributed by atoms with Crippen LogP contribution in [0.25, 0.3) is 10.9 Å². The minimum Gasteiger partial charge on any atom is -0.458 e. The van der Waals surface area contributed by atoms with E-state index in [1.165, 1.54) is 0 Å². The van der Waals surface area contributed by atoms with Crippen molar-refractivity contribution < 1.29 is 14.3 Å². The molecule has 5 nitrogen and oxygen atoms in total. The normalized spacial score (nSPS) is 14.7. The molecule has 1 atom stereocenters. The van der Waals surface area contributed by atoms with E-state index in [1.54, 1.807) is 33.3 Å². The predicted molar refractivity (Wildman–Crippen MR) is 80.5 cm³/mol. The number of ether oxygens (including phenoxy) is 1. The molecule has 21 heavy (non-hydrogen) atoms. The Labute approximate surface area is 123 Å². The van der Waals surface area contributed by atoms with Gasteiger partial charge in [0.1, 0.15) is 5.60 Å². The number of carbonyl (C=O) groups is 1. The number of hydrogen-bond donors (Lipinski definition) is 2. The van der Waals surface area contributed by atoms with Crippen LogP contribution in [-0.4, -0.2) is 28.4 Å². The van der Waals surface area contributed by atoms with Gasteiger partial charge in [0.15, 0.2) is 5.54 Å². The van der Waals surface area contributed by atoms with Crippen molar-refractivity contribution in [1.82, 2.24) is 4.98 Å². The number of nitrogens with one attached hydrogen (secondary N) is 1. The molecule has 2 rings (SSSR count). The number of hydrogen-bond acceptors (Lipinski definition) is 4. The number of aromatic nitrogens is 1. The van der Waals surface area contributed by atoms with Crippen LogP contribution >= 0.6 is 0 Å². The van der Waals surface area contributed by atoms with Crippen molar-refractivity contribution in [3.05, 3.63) is 36.0 Å². The molecule has 0 aliphatic rings. The molecule has 1 radical (unpaired) electrons. The minimum atomic E-state index is -1.81. The Morgan fingerprint density at radius 2 is 2.00 bits per heavy atom. The fourth-order valence-corrected chi connectivity index (χ4v) is 2.10. The molecule has 0 fully saturated rings. The second-order valence-corrected chi connectivity index (χ2v) is 6.11. The topological polar surface area (TPSA) is 85.2 Å². The average molecular weight is 287 g/mol. The molecule has 3 N–H and O–H groups in total. The average Bonchev–Trinajstić information content (AvgIpc) is 2.80. The van der Waals surface area contributed by atoms with Crippen LogP contribution in [0.2, 0.25) is 0 Å². The van der Waals surface area contributed by atoms with E-state index in [2.05, 4.69) is 4.98 Å². The van der Waals surface area contributed by atoms with Gasteiger partial charge < -0.3 is 15.5 Å². The van der Waals surface area contributed by atoms with Crippen LogP contribution in [0.5, 0.6) is 0 Å². The molecule has 2 aromatic rings. The lowest BCUT2D eigenvalue weighted by Gasteiger charge is -2.26. The Bertz CT molecular complexity index is 669. The van der Waals surface area contributed by atoms with E-state index in [4.69, 9.17) is 10.5 Å². The molecule has 0 saturated carbocycles. The van der Waals surface area contributed by atoms with E-state index in [9.17, 15) is 9.59 Å². The third-order valence-corrected chi connectivity index (χ3v) is 3.09. The molecule has 111 valence electrons. The van der Waals surface area contributed by atoms with Crippen LogP contribution in [0.1, 0.15) is 26.3 Å². The highest BCUT2D eigenvalue weighted by Gasteiger charge is 2.39. The summed E-state index contributed by atoms with van der Waals surface area (Å²) in [5, 5.41) is 0.922. The number of aromatic amines is 1. The number of rotatable bonds is 4. The van der Waals surface area contributed by atoms with Crippen LogP contribution < -0.4 is 5.73 Å². The molecule has 0 amide bonds. The molecular formula is C16H19N2O3. The molecule has 0 aliphatic heterocycles. The van der Waals surface area contributed by atoms with Crippen molar-refractivity contribution in [3.8, 4) is 0 Å². The van der Waals surface area contributed by atoms with E-state index in [0.717, 1.165) is 16.5 Å². The summed E-state index contributed by atoms with van der Waals surface area (Å²) in [5.41, 5.74) is 5.10. The molecule has 1 heterocycles. The molecule has 0 unspecified atom stereocenters. The third kappa shape index (κ3) is 3.31. The van der Waals surface area contributed by atoms with Crippen LogP contribution in [-0.2, 0) is 20.7 Å². The zero-order valence-corrected chi connectivity index (χ0v) is 12.4. The lowest BCUT2D eigenvalue weighted by Crippen LogP contribution is -2.54. The SMILES string of the molecule is CC(C)(C)OC(=O)[C@@](N)([C]=O)Cc1c[nH]c2ccccc12. The molecule has 0 bridgehead atoms. The smallest absolute Gasteiger partial charge is 0.335 e. The van der Waals surface area contributed by atoms with Gasteiger partial charge in [-0.2, -0.15) is 0 Å². The van der Waals surface area contributed by atoms with Crippen molar-refractivity contribution in [2.24, 2.45) is 5.73 Å². The number of H-pyrrole nitrogens is 1. The Hall–Kier alpha value is -2.14. The fraction of sp³-hybridized carbons (Fsp3) is 0.375. The summed E-state index contributed by atoms with van der Waals surface area (Å²) in [6.45, 7) is 5.17. The number of fused-ring (bicyclic) bond motifs is 1. The highest BCUT2D eigenvalue weighted by atomic mass is 16.6. The lowest BCUT2D eigenvalue weighted by molar-refractivity contribution is -0.158. The van der Waals surface area contributed by atoms with E-state index in [0.29, 0.717) is 0 Å². The minimum absolute atomic E-state index is 0.0371. The number of para-hydroxylation sites is 1. The highest BCUT2D eigenvalue weighted by Crippen LogP contribution is 2.22. The van der Waals surface area contributed by atoms with Gasteiger partial charge in [-0.3, -0.25) is 4.79 Å². The first-order valence-electron chi connectivity index (χ1n) is 6.72. The summed E-state index contributed by atoms with van der Waals surface area (Å²) in [4.78, 5) is 26.5. The van der Waals surface area contributed by atoms with E-state index < -0.39 is 17.1 Å². The molecule has 5 heteroatoms. The van der Waals surface area contributed by atoms with Gasteiger partial charge in [-0.05, 0) is 32.4 Å². The summed E-state index contributed by atoms with van der Waals surface area (Å²) in [7, 11) is 0. The zero-order valence-electron chi connectivity index (χ0n) is 12.4. The lowest BCUT2D eigenvalue weighted by atomic mass is 9.93. The third-order valence-electron chi connectivity index (χ3n) is 3.09. The molecule has 1 aromatic carbocycles. The van der Waals surface area contributed by atoms with Crippen LogP contribution in [0, 0.1) is 0 Å². The summed E-state index contributed by atoms with van der Waals surface area (Å²) in [6.07, 6.45) is 3.42. The summed E-state index contributed by atoms with van der Waals surface area (Å²) in [5.74, 6) is -0.768. The Balaban J connectivity index is 2.29. The zero-order chi connectivity index (χ0) is 15.7. The van der Waals surface area contributed by atoms with Crippen molar-refractivity contribution >= 4 is 23.2 Å². The number of esters is 1. The maximum atomic E-state index is 12.2. The highest BCUT2D eigenvalue weighted by molar-refractivity contribution is 5.99. The number of nitrogens with two attached hydrogens (primary N) is 1. The van der Waals surface area contributed by atoms with Crippen molar-refractivity contribution in [1.29, 1.82) is 0 Å². The molecule has 0 saturated heterocycles. The van der Waals surface area contributed by atoms with Gasteiger partial charge in [0.05, 0.1) is 0 Å². The van der Waals surface area contributed by atoms with Gasteiger partial charge in [0, 0.05) is 23.5 Å². The number of carbonyl (C=O) groups excluding carboxylic acids is 2. The fourth-order valence-electron chi connectivity index (χ4n) is 2.10. The monoisotopic (exact) mass is 287 g/mol. The second-order valence-electron chi connectivity index (χ2n) is 6.11. The van der Waals surface area contributed by atoms with Gasteiger partial charge in [0.25, 0.3) is 0 Å². The molecule has 0 spiro atoms. The van der Waals surface area contributed by atoms with Crippen molar-refractivity contribution in [2.45, 2.75) is 38.3 Å². The summed E-state index contributed by atoms with van der Waals surface area (Å²) in [6, 6.07) is 7.60. The maximum Gasteiger partial charge on any atom is 0.335 e. The first-order valence-corrected chi connectivity index (χ1v) is 6.72. The van der Waals surface area contributed by atoms with E-state index in [1.807, 2.05) is 24.3 Å². The van der Waals surface area contributed by atoms with E-state index in [-0.39, 0.29) is 6.42 Å². The maximum absolute atomic E-state index is 12.2. The largest absolute Gasteiger partial charge is 0.458 e. The molecule has 0 aliphatic carbocycles. The van der Waals surface area contributed by atoms with Gasteiger partial charge in [-0.15, -0.1) is 0 Å². The standard InChI is InChI=1S/C16H19N2O3/c1-15(2,3)21-14(20)16(17,10-19)8-11-9-18-13-7-5-4-6-12(11)13/h4-7,9,18H,8,17H2,1-3H3/t16-/m0/s1. The van der Waals surface area contributed by atoms with Gasteiger partial charge >= 0.3 is 5.97 Å². The first-order chi connectivity index (χ1) is 9.75. The van der Waals surface area contributed by atoms with Crippen LogP contribution in [0.3, 0.4) is 0 Å². The van der Waals surface area contributed by atoms with E-state index >= 15 is 0 Å².